The molecule has 1 unspecified atom stereocenters. The van der Waals surface area contributed by atoms with Gasteiger partial charge < -0.3 is 0 Å². The first-order valence-corrected chi connectivity index (χ1v) is 5.08. The van der Waals surface area contributed by atoms with Crippen molar-refractivity contribution in [3.05, 3.63) is 0 Å². The second-order valence-corrected chi connectivity index (χ2v) is 3.96. The Hall–Kier alpha value is -0.190. The Balaban J connectivity index is 3.21. The summed E-state index contributed by atoms with van der Waals surface area (Å²) >= 11 is 1.14. The van der Waals surface area contributed by atoms with Crippen LogP contribution in [-0.4, -0.2) is 23.5 Å². The summed E-state index contributed by atoms with van der Waals surface area (Å²) in [6, 6.07) is 0. The van der Waals surface area contributed by atoms with E-state index in [2.05, 4.69) is 0 Å². The molecular formula is C8H13F3OS. The van der Waals surface area contributed by atoms with Crippen molar-refractivity contribution in [1.82, 2.24) is 0 Å². The standard InChI is InChI=1S/C8H13F3OS/c1-6(12)13-5-3-2-4-7(9)8(10)11/h7-8H,2-5H2,1H3. The molecule has 0 heterocycles. The third kappa shape index (κ3) is 8.15. The molecule has 78 valence electrons. The Morgan fingerprint density at radius 2 is 1.92 bits per heavy atom. The molecule has 0 aliphatic carbocycles. The maximum absolute atomic E-state index is 12.3. The van der Waals surface area contributed by atoms with Crippen molar-refractivity contribution in [3.8, 4) is 0 Å². The average molecular weight is 214 g/mol. The van der Waals surface area contributed by atoms with Gasteiger partial charge in [-0.05, 0) is 19.3 Å². The average Bonchev–Trinajstić information content (AvgIpc) is 2.02. The van der Waals surface area contributed by atoms with E-state index in [4.69, 9.17) is 0 Å². The molecule has 0 N–H and O–H groups in total. The number of alkyl halides is 3. The van der Waals surface area contributed by atoms with Gasteiger partial charge in [0.15, 0.2) is 11.3 Å². The van der Waals surface area contributed by atoms with Crippen molar-refractivity contribution in [3.63, 3.8) is 0 Å². The van der Waals surface area contributed by atoms with Gasteiger partial charge in [-0.1, -0.05) is 11.8 Å². The molecule has 0 saturated heterocycles. The van der Waals surface area contributed by atoms with E-state index in [1.807, 2.05) is 0 Å². The number of halogens is 3. The van der Waals surface area contributed by atoms with E-state index < -0.39 is 12.6 Å². The van der Waals surface area contributed by atoms with Crippen LogP contribution in [0.3, 0.4) is 0 Å². The lowest BCUT2D eigenvalue weighted by atomic mass is 10.2. The number of hydrogen-bond donors (Lipinski definition) is 0. The molecule has 0 fully saturated rings. The first-order valence-electron chi connectivity index (χ1n) is 4.09. The smallest absolute Gasteiger partial charge is 0.269 e. The molecule has 0 rings (SSSR count). The minimum absolute atomic E-state index is 0.00524. The Bertz CT molecular complexity index is 152. The summed E-state index contributed by atoms with van der Waals surface area (Å²) < 4.78 is 35.6. The quantitative estimate of drug-likeness (QED) is 0.632. The maximum Gasteiger partial charge on any atom is 0.269 e. The Morgan fingerprint density at radius 3 is 2.38 bits per heavy atom. The fourth-order valence-corrected chi connectivity index (χ4v) is 1.42. The van der Waals surface area contributed by atoms with Crippen molar-refractivity contribution in [2.24, 2.45) is 0 Å². The number of hydrogen-bond acceptors (Lipinski definition) is 2. The number of carbonyl (C=O) groups is 1. The number of unbranched alkanes of at least 4 members (excludes halogenated alkanes) is 1. The summed E-state index contributed by atoms with van der Waals surface area (Å²) in [5.41, 5.74) is 0. The van der Waals surface area contributed by atoms with E-state index in [-0.39, 0.29) is 11.5 Å². The first kappa shape index (κ1) is 12.8. The fourth-order valence-electron chi connectivity index (χ4n) is 0.783. The highest BCUT2D eigenvalue weighted by Gasteiger charge is 2.17. The predicted octanol–water partition coefficient (Wildman–Crippen LogP) is 3.04. The van der Waals surface area contributed by atoms with Gasteiger partial charge in [0.05, 0.1) is 0 Å². The van der Waals surface area contributed by atoms with Gasteiger partial charge in [0.1, 0.15) is 0 Å². The van der Waals surface area contributed by atoms with Crippen LogP contribution in [0, 0.1) is 0 Å². The predicted molar refractivity (Wildman–Crippen MR) is 47.9 cm³/mol. The summed E-state index contributed by atoms with van der Waals surface area (Å²) in [5.74, 6) is 0.589. The second kappa shape index (κ2) is 7.24. The second-order valence-electron chi connectivity index (χ2n) is 2.69. The monoisotopic (exact) mass is 214 g/mol. The van der Waals surface area contributed by atoms with Gasteiger partial charge in [0.25, 0.3) is 6.43 Å². The molecule has 0 aromatic heterocycles. The van der Waals surface area contributed by atoms with E-state index in [0.29, 0.717) is 18.6 Å². The van der Waals surface area contributed by atoms with Crippen molar-refractivity contribution in [2.75, 3.05) is 5.75 Å². The molecule has 0 aliphatic rings. The highest BCUT2D eigenvalue weighted by molar-refractivity contribution is 8.13. The molecular weight excluding hydrogens is 201 g/mol. The van der Waals surface area contributed by atoms with Gasteiger partial charge in [-0.2, -0.15) is 0 Å². The molecule has 0 aliphatic heterocycles. The van der Waals surface area contributed by atoms with Gasteiger partial charge >= 0.3 is 0 Å². The largest absolute Gasteiger partial charge is 0.288 e. The lowest BCUT2D eigenvalue weighted by molar-refractivity contribution is -0.109. The van der Waals surface area contributed by atoms with Gasteiger partial charge in [0, 0.05) is 12.7 Å². The van der Waals surface area contributed by atoms with Crippen LogP contribution in [0.15, 0.2) is 0 Å². The van der Waals surface area contributed by atoms with Crippen molar-refractivity contribution < 1.29 is 18.0 Å². The summed E-state index contributed by atoms with van der Waals surface area (Å²) in [5, 5.41) is 0.00524. The minimum Gasteiger partial charge on any atom is -0.288 e. The van der Waals surface area contributed by atoms with Crippen molar-refractivity contribution >= 4 is 16.9 Å². The van der Waals surface area contributed by atoms with Crippen LogP contribution < -0.4 is 0 Å². The third-order valence-electron chi connectivity index (χ3n) is 1.45. The number of rotatable bonds is 6. The highest BCUT2D eigenvalue weighted by atomic mass is 32.2. The summed E-state index contributed by atoms with van der Waals surface area (Å²) in [6.45, 7) is 1.45. The van der Waals surface area contributed by atoms with Gasteiger partial charge in [-0.15, -0.1) is 0 Å². The topological polar surface area (TPSA) is 17.1 Å². The van der Waals surface area contributed by atoms with Gasteiger partial charge in [0.2, 0.25) is 0 Å². The molecule has 0 saturated carbocycles. The van der Waals surface area contributed by atoms with Crippen LogP contribution in [-0.2, 0) is 4.79 Å². The zero-order chi connectivity index (χ0) is 10.3. The molecule has 0 amide bonds. The van der Waals surface area contributed by atoms with Crippen molar-refractivity contribution in [2.45, 2.75) is 38.8 Å². The molecule has 0 aromatic rings. The van der Waals surface area contributed by atoms with Crippen LogP contribution in [0.5, 0.6) is 0 Å². The van der Waals surface area contributed by atoms with E-state index in [1.54, 1.807) is 0 Å². The van der Waals surface area contributed by atoms with Gasteiger partial charge in [-0.25, -0.2) is 13.2 Å². The molecule has 13 heavy (non-hydrogen) atoms. The maximum atomic E-state index is 12.3. The molecule has 5 heteroatoms. The zero-order valence-corrected chi connectivity index (χ0v) is 8.25. The number of thioether (sulfide) groups is 1. The molecule has 0 aromatic carbocycles. The molecule has 0 spiro atoms. The number of carbonyl (C=O) groups excluding carboxylic acids is 1. The summed E-state index contributed by atoms with van der Waals surface area (Å²) in [4.78, 5) is 10.4. The van der Waals surface area contributed by atoms with Crippen LogP contribution in [0.25, 0.3) is 0 Å². The molecule has 0 bridgehead atoms. The zero-order valence-electron chi connectivity index (χ0n) is 7.43. The molecule has 1 nitrogen and oxygen atoms in total. The highest BCUT2D eigenvalue weighted by Crippen LogP contribution is 2.14. The van der Waals surface area contributed by atoms with Crippen LogP contribution in [0.4, 0.5) is 13.2 Å². The van der Waals surface area contributed by atoms with E-state index in [0.717, 1.165) is 11.8 Å². The fraction of sp³-hybridized carbons (Fsp3) is 0.875. The van der Waals surface area contributed by atoms with E-state index in [9.17, 15) is 18.0 Å². The summed E-state index contributed by atoms with van der Waals surface area (Å²) in [7, 11) is 0. The lowest BCUT2D eigenvalue weighted by Crippen LogP contribution is -2.11. The van der Waals surface area contributed by atoms with Crippen LogP contribution >= 0.6 is 11.8 Å². The lowest BCUT2D eigenvalue weighted by Gasteiger charge is -2.05. The Morgan fingerprint density at radius 1 is 1.31 bits per heavy atom. The third-order valence-corrected chi connectivity index (χ3v) is 2.35. The van der Waals surface area contributed by atoms with E-state index in [1.165, 1.54) is 6.92 Å². The van der Waals surface area contributed by atoms with Gasteiger partial charge in [-0.3, -0.25) is 4.79 Å². The van der Waals surface area contributed by atoms with E-state index >= 15 is 0 Å². The summed E-state index contributed by atoms with van der Waals surface area (Å²) in [6.07, 6.45) is -3.98. The first-order chi connectivity index (χ1) is 6.04. The molecule has 1 atom stereocenters. The molecule has 0 radical (unpaired) electrons. The Labute approximate surface area is 80.1 Å². The minimum atomic E-state index is -2.87. The SMILES string of the molecule is CC(=O)SCCCCC(F)C(F)F. The Kier molecular flexibility index (Phi) is 7.13. The normalized spacial score (nSPS) is 13.3. The van der Waals surface area contributed by atoms with Crippen molar-refractivity contribution in [1.29, 1.82) is 0 Å². The van der Waals surface area contributed by atoms with Crippen LogP contribution in [0.1, 0.15) is 26.2 Å². The van der Waals surface area contributed by atoms with Crippen LogP contribution in [0.2, 0.25) is 0 Å².